The summed E-state index contributed by atoms with van der Waals surface area (Å²) in [6.07, 6.45) is 5.07. The van der Waals surface area contributed by atoms with E-state index in [9.17, 15) is 4.39 Å². The van der Waals surface area contributed by atoms with E-state index in [1.165, 1.54) is 6.42 Å². The molecule has 0 N–H and O–H groups in total. The SMILES string of the molecule is F[C]1CCCCC1.[AlH3]. The van der Waals surface area contributed by atoms with Crippen LogP contribution in [0.1, 0.15) is 32.1 Å². The van der Waals surface area contributed by atoms with E-state index in [1.807, 2.05) is 0 Å². The van der Waals surface area contributed by atoms with Crippen molar-refractivity contribution in [2.45, 2.75) is 32.1 Å². The first kappa shape index (κ1) is 8.46. The van der Waals surface area contributed by atoms with Crippen LogP contribution >= 0.6 is 0 Å². The van der Waals surface area contributed by atoms with E-state index in [2.05, 4.69) is 0 Å². The normalized spacial score (nSPS) is 22.1. The maximum atomic E-state index is 12.1. The standard InChI is InChI=1S/C6H10F.Al.3H/c7-6-4-2-1-3-5-6;;;;/h1-5H2;;;;. The van der Waals surface area contributed by atoms with Gasteiger partial charge < -0.3 is 0 Å². The van der Waals surface area contributed by atoms with E-state index < -0.39 is 0 Å². The molecule has 0 aromatic rings. The van der Waals surface area contributed by atoms with E-state index >= 15 is 0 Å². The van der Waals surface area contributed by atoms with Crippen molar-refractivity contribution in [1.82, 2.24) is 0 Å². The molecule has 0 bridgehead atoms. The molecule has 47 valence electrons. The number of hydrogen-bond donors (Lipinski definition) is 0. The van der Waals surface area contributed by atoms with Crippen LogP contribution in [0.25, 0.3) is 0 Å². The molecule has 0 aliphatic heterocycles. The summed E-state index contributed by atoms with van der Waals surface area (Å²) >= 11 is 0. The van der Waals surface area contributed by atoms with E-state index in [0.717, 1.165) is 25.7 Å². The quantitative estimate of drug-likeness (QED) is 0.434. The zero-order valence-corrected chi connectivity index (χ0v) is 4.41. The Balaban J connectivity index is 0.000000490. The molecular weight excluding hydrogens is 118 g/mol. The highest BCUT2D eigenvalue weighted by molar-refractivity contribution is 5.75. The van der Waals surface area contributed by atoms with Crippen molar-refractivity contribution >= 4 is 17.4 Å². The van der Waals surface area contributed by atoms with Crippen molar-refractivity contribution < 1.29 is 4.39 Å². The lowest BCUT2D eigenvalue weighted by Crippen LogP contribution is -1.96. The van der Waals surface area contributed by atoms with Crippen LogP contribution in [0.3, 0.4) is 0 Å². The summed E-state index contributed by atoms with van der Waals surface area (Å²) < 4.78 is 12.1. The van der Waals surface area contributed by atoms with Gasteiger partial charge in [-0.05, 0) is 12.8 Å². The van der Waals surface area contributed by atoms with Crippen molar-refractivity contribution in [1.29, 1.82) is 0 Å². The Kier molecular flexibility index (Phi) is 4.60. The van der Waals surface area contributed by atoms with Crippen molar-refractivity contribution in [3.63, 3.8) is 0 Å². The lowest BCUT2D eigenvalue weighted by Gasteiger charge is -2.11. The minimum Gasteiger partial charge on any atom is -0.240 e. The zero-order valence-electron chi connectivity index (χ0n) is 4.41. The van der Waals surface area contributed by atoms with Crippen molar-refractivity contribution in [2.75, 3.05) is 0 Å². The summed E-state index contributed by atoms with van der Waals surface area (Å²) in [4.78, 5) is 0. The van der Waals surface area contributed by atoms with E-state index in [-0.39, 0.29) is 23.5 Å². The topological polar surface area (TPSA) is 0 Å². The smallest absolute Gasteiger partial charge is 0.187 e. The molecule has 0 aromatic heterocycles. The highest BCUT2D eigenvalue weighted by Gasteiger charge is 2.11. The van der Waals surface area contributed by atoms with E-state index in [4.69, 9.17) is 0 Å². The molecule has 1 radical (unpaired) electrons. The summed E-state index contributed by atoms with van der Waals surface area (Å²) in [7, 11) is 0. The van der Waals surface area contributed by atoms with Crippen molar-refractivity contribution in [3.05, 3.63) is 6.17 Å². The summed E-state index contributed by atoms with van der Waals surface area (Å²) in [5.41, 5.74) is 0. The number of halogens is 1. The molecular formula is C6H13AlF. The molecule has 1 aliphatic rings. The van der Waals surface area contributed by atoms with Gasteiger partial charge in [0.25, 0.3) is 0 Å². The summed E-state index contributed by atoms with van der Waals surface area (Å²) in [6, 6.07) is 0. The van der Waals surface area contributed by atoms with Gasteiger partial charge in [-0.1, -0.05) is 19.3 Å². The van der Waals surface area contributed by atoms with Gasteiger partial charge in [-0.15, -0.1) is 0 Å². The number of hydrogen-bond acceptors (Lipinski definition) is 0. The molecule has 0 spiro atoms. The monoisotopic (exact) mass is 131 g/mol. The molecule has 1 rings (SSSR count). The predicted molar refractivity (Wildman–Crippen MR) is 37.4 cm³/mol. The number of rotatable bonds is 0. The van der Waals surface area contributed by atoms with Crippen LogP contribution in [-0.2, 0) is 0 Å². The van der Waals surface area contributed by atoms with Crippen LogP contribution in [0, 0.1) is 6.17 Å². The Hall–Kier alpha value is 0.462. The minimum absolute atomic E-state index is 0. The van der Waals surface area contributed by atoms with Crippen LogP contribution < -0.4 is 0 Å². The highest BCUT2D eigenvalue weighted by atomic mass is 27.0. The van der Waals surface area contributed by atoms with Gasteiger partial charge >= 0.3 is 0 Å². The minimum atomic E-state index is 0. The summed E-state index contributed by atoms with van der Waals surface area (Å²) in [5, 5.41) is 0. The van der Waals surface area contributed by atoms with E-state index in [0.29, 0.717) is 0 Å². The molecule has 1 aliphatic carbocycles. The first-order valence-electron chi connectivity index (χ1n) is 2.90. The second-order valence-corrected chi connectivity index (χ2v) is 2.08. The molecule has 0 amide bonds. The Bertz CT molecular complexity index is 50.5. The molecule has 0 heterocycles. The molecule has 0 nitrogen and oxygen atoms in total. The predicted octanol–water partition coefficient (Wildman–Crippen LogP) is 1.27. The Morgan fingerprint density at radius 1 is 1.00 bits per heavy atom. The second-order valence-electron chi connectivity index (χ2n) is 2.08. The molecule has 1 saturated carbocycles. The van der Waals surface area contributed by atoms with Gasteiger partial charge in [-0.25, -0.2) is 4.39 Å². The Morgan fingerprint density at radius 3 is 1.75 bits per heavy atom. The van der Waals surface area contributed by atoms with Gasteiger partial charge in [0.2, 0.25) is 0 Å². The Morgan fingerprint density at radius 2 is 1.50 bits per heavy atom. The highest BCUT2D eigenvalue weighted by Crippen LogP contribution is 2.25. The van der Waals surface area contributed by atoms with Gasteiger partial charge in [-0.3, -0.25) is 0 Å². The fraction of sp³-hybridized carbons (Fsp3) is 0.833. The van der Waals surface area contributed by atoms with Crippen LogP contribution in [-0.4, -0.2) is 17.4 Å². The summed E-state index contributed by atoms with van der Waals surface area (Å²) in [6.45, 7) is 0. The lowest BCUT2D eigenvalue weighted by molar-refractivity contribution is 0.366. The van der Waals surface area contributed by atoms with Gasteiger partial charge in [0, 0.05) is 0 Å². The van der Waals surface area contributed by atoms with Gasteiger partial charge in [0.1, 0.15) is 6.17 Å². The molecule has 0 saturated heterocycles. The third-order valence-electron chi connectivity index (χ3n) is 1.40. The molecule has 1 fully saturated rings. The molecule has 2 heteroatoms. The van der Waals surface area contributed by atoms with Crippen LogP contribution in [0.15, 0.2) is 0 Å². The third kappa shape index (κ3) is 2.69. The molecule has 0 atom stereocenters. The first-order valence-corrected chi connectivity index (χ1v) is 2.90. The molecule has 8 heavy (non-hydrogen) atoms. The van der Waals surface area contributed by atoms with Crippen molar-refractivity contribution in [3.8, 4) is 0 Å². The second kappa shape index (κ2) is 4.35. The third-order valence-corrected chi connectivity index (χ3v) is 1.40. The van der Waals surface area contributed by atoms with Gasteiger partial charge in [0.15, 0.2) is 17.4 Å². The average Bonchev–Trinajstić information content (AvgIpc) is 1.69. The van der Waals surface area contributed by atoms with Crippen LogP contribution in [0.4, 0.5) is 4.39 Å². The van der Waals surface area contributed by atoms with Crippen LogP contribution in [0.2, 0.25) is 0 Å². The lowest BCUT2D eigenvalue weighted by atomic mass is 9.99. The van der Waals surface area contributed by atoms with Gasteiger partial charge in [0.05, 0.1) is 0 Å². The maximum Gasteiger partial charge on any atom is 0.187 e. The molecule has 0 unspecified atom stereocenters. The average molecular weight is 131 g/mol. The largest absolute Gasteiger partial charge is 0.240 e. The first-order chi connectivity index (χ1) is 3.39. The zero-order chi connectivity index (χ0) is 5.11. The summed E-state index contributed by atoms with van der Waals surface area (Å²) in [5.74, 6) is 0. The van der Waals surface area contributed by atoms with Crippen LogP contribution in [0.5, 0.6) is 0 Å². The van der Waals surface area contributed by atoms with E-state index in [1.54, 1.807) is 0 Å². The van der Waals surface area contributed by atoms with Gasteiger partial charge in [-0.2, -0.15) is 0 Å². The van der Waals surface area contributed by atoms with Crippen molar-refractivity contribution in [2.24, 2.45) is 0 Å². The Labute approximate surface area is 60.6 Å². The fourth-order valence-corrected chi connectivity index (χ4v) is 0.935. The fourth-order valence-electron chi connectivity index (χ4n) is 0.935. The maximum absolute atomic E-state index is 12.1. The molecule has 0 aromatic carbocycles.